The third kappa shape index (κ3) is 3.06. The molecule has 1 fully saturated rings. The summed E-state index contributed by atoms with van der Waals surface area (Å²) in [5, 5.41) is 3.82. The van der Waals surface area contributed by atoms with E-state index in [-0.39, 0.29) is 5.91 Å². The summed E-state index contributed by atoms with van der Waals surface area (Å²) in [6.45, 7) is 1.55. The van der Waals surface area contributed by atoms with E-state index in [1.807, 2.05) is 35.1 Å². The van der Waals surface area contributed by atoms with Crippen LogP contribution in [0.2, 0.25) is 0 Å². The summed E-state index contributed by atoms with van der Waals surface area (Å²) in [4.78, 5) is 19.1. The van der Waals surface area contributed by atoms with Gasteiger partial charge in [0.15, 0.2) is 10.9 Å². The molecule has 0 saturated heterocycles. The van der Waals surface area contributed by atoms with Gasteiger partial charge in [-0.1, -0.05) is 17.8 Å². The van der Waals surface area contributed by atoms with Crippen LogP contribution < -0.4 is 5.32 Å². The Labute approximate surface area is 128 Å². The predicted molar refractivity (Wildman–Crippen MR) is 85.0 cm³/mol. The molecule has 2 aromatic heterocycles. The molecule has 0 radical (unpaired) electrons. The molecule has 0 unspecified atom stereocenters. The maximum Gasteiger partial charge on any atom is 0.272 e. The van der Waals surface area contributed by atoms with Gasteiger partial charge in [0.2, 0.25) is 0 Å². The fourth-order valence-electron chi connectivity index (χ4n) is 2.45. The Morgan fingerprint density at radius 3 is 3.05 bits per heavy atom. The topological polar surface area (TPSA) is 49.6 Å². The zero-order valence-corrected chi connectivity index (χ0v) is 13.2. The van der Waals surface area contributed by atoms with Crippen LogP contribution in [-0.4, -0.2) is 52.6 Å². The first-order valence-corrected chi connectivity index (χ1v) is 8.42. The molecule has 2 aromatic rings. The van der Waals surface area contributed by atoms with Crippen molar-refractivity contribution in [1.82, 2.24) is 19.6 Å². The normalized spacial score (nSPS) is 14.8. The molecule has 1 N–H and O–H groups in total. The third-order valence-electron chi connectivity index (χ3n) is 3.83. The summed E-state index contributed by atoms with van der Waals surface area (Å²) in [6.07, 6.45) is 6.47. The number of carbonyl (C=O) groups excluding carboxylic acids is 1. The highest BCUT2D eigenvalue weighted by Crippen LogP contribution is 2.24. The first kappa shape index (κ1) is 14.4. The van der Waals surface area contributed by atoms with E-state index >= 15 is 0 Å². The number of imidazole rings is 1. The van der Waals surface area contributed by atoms with E-state index in [4.69, 9.17) is 0 Å². The summed E-state index contributed by atoms with van der Waals surface area (Å²) < 4.78 is 1.95. The van der Waals surface area contributed by atoms with Gasteiger partial charge in [0.1, 0.15) is 0 Å². The number of rotatable bonds is 6. The number of thioether (sulfide) groups is 1. The summed E-state index contributed by atoms with van der Waals surface area (Å²) >= 11 is 1.54. The second-order valence-electron chi connectivity index (χ2n) is 5.37. The largest absolute Gasteiger partial charge is 0.349 e. The molecule has 1 aliphatic carbocycles. The van der Waals surface area contributed by atoms with Gasteiger partial charge in [0, 0.05) is 25.3 Å². The first-order valence-electron chi connectivity index (χ1n) is 7.20. The minimum atomic E-state index is -0.0943. The van der Waals surface area contributed by atoms with Crippen LogP contribution in [-0.2, 0) is 0 Å². The quantitative estimate of drug-likeness (QED) is 0.828. The van der Waals surface area contributed by atoms with Crippen molar-refractivity contribution in [2.75, 3.05) is 26.4 Å². The lowest BCUT2D eigenvalue weighted by atomic mass is 10.3. The van der Waals surface area contributed by atoms with Gasteiger partial charge in [-0.2, -0.15) is 0 Å². The van der Waals surface area contributed by atoms with E-state index < -0.39 is 0 Å². The van der Waals surface area contributed by atoms with Crippen LogP contribution in [0.3, 0.4) is 0 Å². The maximum absolute atomic E-state index is 12.3. The minimum Gasteiger partial charge on any atom is -0.349 e. The Morgan fingerprint density at radius 2 is 2.33 bits per heavy atom. The van der Waals surface area contributed by atoms with Crippen molar-refractivity contribution in [2.45, 2.75) is 24.0 Å². The van der Waals surface area contributed by atoms with E-state index in [2.05, 4.69) is 22.2 Å². The van der Waals surface area contributed by atoms with Gasteiger partial charge < -0.3 is 10.2 Å². The van der Waals surface area contributed by atoms with Crippen molar-refractivity contribution >= 4 is 23.2 Å². The molecule has 0 bridgehead atoms. The van der Waals surface area contributed by atoms with E-state index in [1.165, 1.54) is 12.8 Å². The number of hydrogen-bond donors (Lipinski definition) is 1. The highest BCUT2D eigenvalue weighted by Gasteiger charge is 2.25. The number of nitrogens with one attached hydrogen (secondary N) is 1. The van der Waals surface area contributed by atoms with Gasteiger partial charge >= 0.3 is 0 Å². The summed E-state index contributed by atoms with van der Waals surface area (Å²) in [7, 11) is 2.11. The highest BCUT2D eigenvalue weighted by atomic mass is 32.2. The van der Waals surface area contributed by atoms with Gasteiger partial charge in [0.25, 0.3) is 5.91 Å². The average molecular weight is 304 g/mol. The number of nitrogens with zero attached hydrogens (tertiary/aromatic N) is 3. The van der Waals surface area contributed by atoms with E-state index in [0.29, 0.717) is 12.2 Å². The fourth-order valence-corrected chi connectivity index (χ4v) is 2.99. The molecular weight excluding hydrogens is 284 g/mol. The molecule has 1 amide bonds. The van der Waals surface area contributed by atoms with Crippen LogP contribution in [0.4, 0.5) is 0 Å². The van der Waals surface area contributed by atoms with Crippen molar-refractivity contribution < 1.29 is 4.79 Å². The molecule has 0 aliphatic heterocycles. The number of hydrogen-bond acceptors (Lipinski definition) is 4. The second kappa shape index (κ2) is 6.07. The SMILES string of the molecule is CSc1nc(C(=O)NCCN(C)C2CC2)c2ccccn12. The van der Waals surface area contributed by atoms with Crippen LogP contribution in [0.25, 0.3) is 5.52 Å². The molecule has 21 heavy (non-hydrogen) atoms. The summed E-state index contributed by atoms with van der Waals surface area (Å²) in [6, 6.07) is 6.52. The summed E-state index contributed by atoms with van der Waals surface area (Å²) in [5.74, 6) is -0.0943. The van der Waals surface area contributed by atoms with Gasteiger partial charge in [-0.05, 0) is 38.3 Å². The van der Waals surface area contributed by atoms with Crippen LogP contribution >= 0.6 is 11.8 Å². The third-order valence-corrected chi connectivity index (χ3v) is 4.49. The average Bonchev–Trinajstić information content (AvgIpc) is 3.28. The van der Waals surface area contributed by atoms with Crippen LogP contribution in [0.1, 0.15) is 23.3 Å². The fraction of sp³-hybridized carbons (Fsp3) is 0.467. The van der Waals surface area contributed by atoms with E-state index in [0.717, 1.165) is 23.3 Å². The monoisotopic (exact) mass is 304 g/mol. The van der Waals surface area contributed by atoms with Crippen molar-refractivity contribution in [2.24, 2.45) is 0 Å². The molecule has 0 spiro atoms. The lowest BCUT2D eigenvalue weighted by molar-refractivity contribution is 0.0946. The number of fused-ring (bicyclic) bond motifs is 1. The van der Waals surface area contributed by atoms with E-state index in [1.54, 1.807) is 11.8 Å². The molecule has 0 atom stereocenters. The van der Waals surface area contributed by atoms with E-state index in [9.17, 15) is 4.79 Å². The first-order chi connectivity index (χ1) is 10.2. The van der Waals surface area contributed by atoms with Gasteiger partial charge in [-0.15, -0.1) is 0 Å². The molecule has 3 rings (SSSR count). The molecule has 1 saturated carbocycles. The Morgan fingerprint density at radius 1 is 1.52 bits per heavy atom. The molecule has 5 nitrogen and oxygen atoms in total. The number of aromatic nitrogens is 2. The predicted octanol–water partition coefficient (Wildman–Crippen LogP) is 1.88. The summed E-state index contributed by atoms with van der Waals surface area (Å²) in [5.41, 5.74) is 1.36. The Hall–Kier alpha value is -1.53. The second-order valence-corrected chi connectivity index (χ2v) is 6.14. The van der Waals surface area contributed by atoms with Gasteiger partial charge in [0.05, 0.1) is 5.52 Å². The smallest absolute Gasteiger partial charge is 0.272 e. The number of amides is 1. The Bertz CT molecular complexity index is 650. The number of pyridine rings is 1. The molecule has 1 aliphatic rings. The maximum atomic E-state index is 12.3. The van der Waals surface area contributed by atoms with Crippen LogP contribution in [0, 0.1) is 0 Å². The van der Waals surface area contributed by atoms with Crippen LogP contribution in [0.5, 0.6) is 0 Å². The number of likely N-dealkylation sites (N-methyl/N-ethyl adjacent to an activating group) is 1. The Kier molecular flexibility index (Phi) is 4.17. The molecule has 2 heterocycles. The highest BCUT2D eigenvalue weighted by molar-refractivity contribution is 7.98. The lowest BCUT2D eigenvalue weighted by Gasteiger charge is -2.15. The molecule has 0 aromatic carbocycles. The molecular formula is C15H20N4OS. The van der Waals surface area contributed by atoms with Crippen LogP contribution in [0.15, 0.2) is 29.6 Å². The van der Waals surface area contributed by atoms with Crippen molar-refractivity contribution in [3.8, 4) is 0 Å². The Balaban J connectivity index is 1.69. The van der Waals surface area contributed by atoms with Crippen molar-refractivity contribution in [3.63, 3.8) is 0 Å². The van der Waals surface area contributed by atoms with Gasteiger partial charge in [-0.3, -0.25) is 9.20 Å². The van der Waals surface area contributed by atoms with Gasteiger partial charge in [-0.25, -0.2) is 4.98 Å². The van der Waals surface area contributed by atoms with Crippen molar-refractivity contribution in [3.05, 3.63) is 30.1 Å². The zero-order chi connectivity index (χ0) is 14.8. The standard InChI is InChI=1S/C15H20N4OS/c1-18(11-6-7-11)10-8-16-14(20)13-12-5-3-4-9-19(12)15(17-13)21-2/h3-5,9,11H,6-8,10H2,1-2H3,(H,16,20). The number of carbonyl (C=O) groups is 1. The lowest BCUT2D eigenvalue weighted by Crippen LogP contribution is -2.34. The minimum absolute atomic E-state index is 0.0943. The molecule has 6 heteroatoms. The molecule has 112 valence electrons. The van der Waals surface area contributed by atoms with Crippen molar-refractivity contribution in [1.29, 1.82) is 0 Å². The zero-order valence-electron chi connectivity index (χ0n) is 12.4.